The fourth-order valence-corrected chi connectivity index (χ4v) is 3.74. The topological polar surface area (TPSA) is 187 Å². The first kappa shape index (κ1) is 39.5. The Morgan fingerprint density at radius 1 is 0.957 bits per heavy atom. The van der Waals surface area contributed by atoms with Crippen molar-refractivity contribution in [3.8, 4) is 11.3 Å². The van der Waals surface area contributed by atoms with E-state index in [1.165, 1.54) is 7.11 Å². The molecule has 0 spiro atoms. The number of amides is 1. The van der Waals surface area contributed by atoms with Crippen LogP contribution in [0, 0.1) is 11.3 Å². The zero-order chi connectivity index (χ0) is 36.1. The molecule has 0 saturated carbocycles. The number of aromatic nitrogens is 1. The predicted molar refractivity (Wildman–Crippen MR) is 151 cm³/mol. The Hall–Kier alpha value is -5.48. The average Bonchev–Trinajstić information content (AvgIpc) is 2.99. The van der Waals surface area contributed by atoms with Gasteiger partial charge in [0.05, 0.1) is 13.0 Å². The Bertz CT molecular complexity index is 1540. The van der Waals surface area contributed by atoms with E-state index in [1.54, 1.807) is 37.3 Å². The van der Waals surface area contributed by atoms with Gasteiger partial charge in [-0.3, -0.25) is 15.0 Å². The number of esters is 1. The first-order chi connectivity index (χ1) is 21.7. The number of benzene rings is 2. The molecule has 2 atom stereocenters. The van der Waals surface area contributed by atoms with Crippen LogP contribution in [0.3, 0.4) is 0 Å². The fourth-order valence-electron chi connectivity index (χ4n) is 3.74. The maximum atomic E-state index is 12.9. The third kappa shape index (κ3) is 13.2. The van der Waals surface area contributed by atoms with Crippen molar-refractivity contribution >= 4 is 29.7 Å². The Balaban J connectivity index is 0.000000658. The Kier molecular flexibility index (Phi) is 14.5. The summed E-state index contributed by atoms with van der Waals surface area (Å²) in [6.45, 7) is 1.78. The van der Waals surface area contributed by atoms with Crippen LogP contribution in [0.1, 0.15) is 28.4 Å². The number of halogens is 6. The van der Waals surface area contributed by atoms with Gasteiger partial charge in [-0.05, 0) is 55.3 Å². The number of hydrogen-bond donors (Lipinski definition) is 4. The predicted octanol–water partition coefficient (Wildman–Crippen LogP) is 2.54. The second-order valence-electron chi connectivity index (χ2n) is 9.57. The molecule has 17 heteroatoms. The summed E-state index contributed by atoms with van der Waals surface area (Å²) in [5, 5.41) is 26.5. The van der Waals surface area contributed by atoms with E-state index in [9.17, 15) is 35.9 Å². The number of amidine groups is 1. The highest BCUT2D eigenvalue weighted by molar-refractivity contribution is 5.95. The largest absolute Gasteiger partial charge is 0.542 e. The van der Waals surface area contributed by atoms with Crippen molar-refractivity contribution < 1.29 is 65.0 Å². The number of alkyl halides is 6. The van der Waals surface area contributed by atoms with Crippen molar-refractivity contribution in [3.05, 3.63) is 89.6 Å². The second kappa shape index (κ2) is 17.3. The van der Waals surface area contributed by atoms with Crippen LogP contribution >= 0.6 is 0 Å². The zero-order valence-corrected chi connectivity index (χ0v) is 25.0. The van der Waals surface area contributed by atoms with Gasteiger partial charge in [0, 0.05) is 34.9 Å². The molecule has 3 rings (SSSR count). The van der Waals surface area contributed by atoms with Crippen molar-refractivity contribution in [3.63, 3.8) is 0 Å². The molecular formula is C30H30F6N4O7. The molecule has 2 aromatic carbocycles. The van der Waals surface area contributed by atoms with E-state index >= 15 is 0 Å². The number of methoxy groups -OCH3 is 1. The Morgan fingerprint density at radius 3 is 1.96 bits per heavy atom. The number of nitrogen functional groups attached to an aromatic ring is 1. The highest BCUT2D eigenvalue weighted by Gasteiger charge is 2.38. The molecule has 5 N–H and O–H groups in total. The van der Waals surface area contributed by atoms with E-state index in [0.29, 0.717) is 17.5 Å². The van der Waals surface area contributed by atoms with Crippen molar-refractivity contribution in [1.82, 2.24) is 5.32 Å². The Morgan fingerprint density at radius 2 is 1.51 bits per heavy atom. The molecule has 11 nitrogen and oxygen atoms in total. The summed E-state index contributed by atoms with van der Waals surface area (Å²) in [4.78, 5) is 43.0. The number of nitrogens with zero attached hydrogens (tertiary/aromatic N) is 1. The highest BCUT2D eigenvalue weighted by Crippen LogP contribution is 2.19. The van der Waals surface area contributed by atoms with E-state index in [4.69, 9.17) is 35.7 Å². The molecule has 0 fully saturated rings. The number of pyridine rings is 1. The number of carboxylic acids is 2. The number of aryl methyl sites for hydroxylation is 1. The van der Waals surface area contributed by atoms with Gasteiger partial charge in [-0.1, -0.05) is 18.2 Å². The lowest BCUT2D eigenvalue weighted by Gasteiger charge is -2.23. The van der Waals surface area contributed by atoms with E-state index in [-0.39, 0.29) is 11.7 Å². The van der Waals surface area contributed by atoms with Crippen LogP contribution in [0.25, 0.3) is 11.3 Å². The number of aliphatic carboxylic acids is 2. The minimum absolute atomic E-state index is 0.0413. The standard InChI is InChI=1S/C26H28N4O3.2C2HF3O2/c1-17(22(26(32)33-3)16-18-7-6-8-21(15-18)24(27)28)29-25(31)20-12-10-19(11-13-20)23-9-4-5-14-30(23)2;2*3-2(4,5)1(6)7/h4-15,17,22H,16H2,1-3H3,(H3-,27,28,29,31);2*(H,6,7)/t17-,22-;;/m1../s1. The molecule has 0 unspecified atom stereocenters. The monoisotopic (exact) mass is 672 g/mol. The molecule has 3 aromatic rings. The third-order valence-electron chi connectivity index (χ3n) is 6.13. The number of rotatable bonds is 8. The van der Waals surface area contributed by atoms with Crippen LogP contribution in [-0.2, 0) is 32.6 Å². The number of ether oxygens (including phenoxy) is 1. The first-order valence-electron chi connectivity index (χ1n) is 13.1. The lowest BCUT2D eigenvalue weighted by atomic mass is 9.92. The van der Waals surface area contributed by atoms with Gasteiger partial charge in [-0.2, -0.15) is 26.3 Å². The number of carbonyl (C=O) groups excluding carboxylic acids is 3. The minimum atomic E-state index is -5.19. The molecular weight excluding hydrogens is 642 g/mol. The molecule has 1 aromatic heterocycles. The van der Waals surface area contributed by atoms with Crippen molar-refractivity contribution in [1.29, 1.82) is 5.41 Å². The summed E-state index contributed by atoms with van der Waals surface area (Å²) in [7, 11) is 3.30. The van der Waals surface area contributed by atoms with Crippen LogP contribution in [0.15, 0.2) is 72.9 Å². The lowest BCUT2D eigenvalue weighted by Crippen LogP contribution is -2.42. The maximum Gasteiger partial charge on any atom is 0.490 e. The normalized spacial score (nSPS) is 12.1. The number of hydrogen-bond acceptors (Lipinski definition) is 7. The van der Waals surface area contributed by atoms with Crippen LogP contribution in [0.4, 0.5) is 26.3 Å². The first-order valence-corrected chi connectivity index (χ1v) is 13.1. The van der Waals surface area contributed by atoms with Gasteiger partial charge in [0.2, 0.25) is 5.69 Å². The molecule has 0 radical (unpaired) electrons. The molecule has 254 valence electrons. The van der Waals surface area contributed by atoms with Crippen molar-refractivity contribution in [2.45, 2.75) is 31.7 Å². The van der Waals surface area contributed by atoms with Gasteiger partial charge in [-0.25, -0.2) is 9.36 Å². The van der Waals surface area contributed by atoms with E-state index < -0.39 is 42.2 Å². The fraction of sp³-hybridized carbons (Fsp3) is 0.267. The van der Waals surface area contributed by atoms with E-state index in [0.717, 1.165) is 16.8 Å². The quantitative estimate of drug-likeness (QED) is 0.0924. The van der Waals surface area contributed by atoms with Crippen molar-refractivity contribution in [2.24, 2.45) is 18.7 Å². The number of nitrogens with two attached hydrogens (primary N) is 1. The van der Waals surface area contributed by atoms with E-state index in [2.05, 4.69) is 5.32 Å². The minimum Gasteiger partial charge on any atom is -0.542 e. The van der Waals surface area contributed by atoms with Gasteiger partial charge < -0.3 is 30.8 Å². The summed E-state index contributed by atoms with van der Waals surface area (Å²) in [6.07, 6.45) is -7.96. The molecule has 0 bridgehead atoms. The van der Waals surface area contributed by atoms with Crippen molar-refractivity contribution in [2.75, 3.05) is 7.11 Å². The molecule has 0 aliphatic carbocycles. The lowest BCUT2D eigenvalue weighted by molar-refractivity contribution is -0.660. The molecule has 47 heavy (non-hydrogen) atoms. The zero-order valence-electron chi connectivity index (χ0n) is 25.0. The highest BCUT2D eigenvalue weighted by atomic mass is 19.4. The number of nitrogens with one attached hydrogen (secondary N) is 2. The summed E-state index contributed by atoms with van der Waals surface area (Å²) < 4.78 is 70.3. The van der Waals surface area contributed by atoms with E-state index in [1.807, 2.05) is 54.2 Å². The SMILES string of the molecule is COC(=O)[C@H](Cc1cccc(C(=N)N)c1)[C@@H](C)NC(=O)c1ccc(-c2cccc[n+]2C)cc1.O=C(O)C(F)(F)F.O=C([O-])C(F)(F)F. The van der Waals surface area contributed by atoms with Gasteiger partial charge in [0.25, 0.3) is 5.91 Å². The summed E-state index contributed by atoms with van der Waals surface area (Å²) >= 11 is 0. The van der Waals surface area contributed by atoms with Crippen LogP contribution in [-0.4, -0.2) is 60.3 Å². The van der Waals surface area contributed by atoms with Gasteiger partial charge >= 0.3 is 24.3 Å². The van der Waals surface area contributed by atoms with Crippen LogP contribution < -0.4 is 20.7 Å². The second-order valence-corrected chi connectivity index (χ2v) is 9.57. The Labute approximate surface area is 264 Å². The smallest absolute Gasteiger partial charge is 0.490 e. The molecule has 0 aliphatic heterocycles. The molecule has 0 saturated heterocycles. The summed E-state index contributed by atoms with van der Waals surface area (Å²) in [5.74, 6) is -7.08. The van der Waals surface area contributed by atoms with Gasteiger partial charge in [0.15, 0.2) is 6.20 Å². The third-order valence-corrected chi connectivity index (χ3v) is 6.13. The molecule has 1 amide bonds. The summed E-state index contributed by atoms with van der Waals surface area (Å²) in [6, 6.07) is 20.0. The summed E-state index contributed by atoms with van der Waals surface area (Å²) in [5.41, 5.74) is 9.54. The van der Waals surface area contributed by atoms with Gasteiger partial charge in [-0.15, -0.1) is 0 Å². The van der Waals surface area contributed by atoms with Crippen LogP contribution in [0.5, 0.6) is 0 Å². The maximum absolute atomic E-state index is 12.9. The average molecular weight is 673 g/mol. The molecule has 1 heterocycles. The number of carboxylic acid groups (broad SMARTS) is 2. The molecule has 0 aliphatic rings. The van der Waals surface area contributed by atoms with Gasteiger partial charge in [0.1, 0.15) is 18.9 Å². The number of carbonyl (C=O) groups is 4. The van der Waals surface area contributed by atoms with Crippen LogP contribution in [0.2, 0.25) is 0 Å².